The first-order valence-corrected chi connectivity index (χ1v) is 9.99. The number of nitrogens with zero attached hydrogens (tertiary/aromatic N) is 2. The lowest BCUT2D eigenvalue weighted by atomic mass is 9.77. The molecule has 1 N–H and O–H groups in total. The number of ether oxygens (including phenoxy) is 1. The Hall–Kier alpha value is -2.57. The molecule has 0 radical (unpaired) electrons. The molecule has 0 atom stereocenters. The summed E-state index contributed by atoms with van der Waals surface area (Å²) in [6.07, 6.45) is 3.64. The summed E-state index contributed by atoms with van der Waals surface area (Å²) in [5.41, 5.74) is 0.336. The molecule has 0 spiro atoms. The van der Waals surface area contributed by atoms with Gasteiger partial charge in [-0.1, -0.05) is 26.0 Å². The Balaban J connectivity index is 1.87. The molecule has 0 saturated heterocycles. The van der Waals surface area contributed by atoms with Gasteiger partial charge in [-0.25, -0.2) is 9.59 Å². The van der Waals surface area contributed by atoms with Gasteiger partial charge < -0.3 is 10.1 Å². The zero-order valence-corrected chi connectivity index (χ0v) is 16.9. The topological polar surface area (TPSA) is 82.3 Å². The predicted octanol–water partition coefficient (Wildman–Crippen LogP) is 2.45. The average Bonchev–Trinajstić information content (AvgIpc) is 2.95. The summed E-state index contributed by atoms with van der Waals surface area (Å²) >= 11 is 0. The van der Waals surface area contributed by atoms with Crippen LogP contribution in [0.5, 0.6) is 0 Å². The largest absolute Gasteiger partial charge is 0.467 e. The summed E-state index contributed by atoms with van der Waals surface area (Å²) in [4.78, 5) is 38.2. The van der Waals surface area contributed by atoms with Crippen LogP contribution >= 0.6 is 0 Å². The number of carbonyl (C=O) groups is 2. The number of benzene rings is 1. The van der Waals surface area contributed by atoms with Gasteiger partial charge in [-0.05, 0) is 50.2 Å². The van der Waals surface area contributed by atoms with E-state index in [9.17, 15) is 14.4 Å². The van der Waals surface area contributed by atoms with E-state index in [4.69, 9.17) is 4.74 Å². The van der Waals surface area contributed by atoms with Crippen LogP contribution in [0.1, 0.15) is 46.0 Å². The molecule has 1 heterocycles. The monoisotopic (exact) mass is 387 g/mol. The summed E-state index contributed by atoms with van der Waals surface area (Å²) in [6, 6.07) is 7.46. The van der Waals surface area contributed by atoms with Crippen molar-refractivity contribution in [3.8, 4) is 0 Å². The van der Waals surface area contributed by atoms with Crippen LogP contribution in [-0.4, -0.2) is 33.7 Å². The Kier molecular flexibility index (Phi) is 5.91. The lowest BCUT2D eigenvalue weighted by Gasteiger charge is -2.37. The van der Waals surface area contributed by atoms with Crippen LogP contribution in [0.2, 0.25) is 0 Å². The molecule has 1 amide bonds. The quantitative estimate of drug-likeness (QED) is 0.772. The van der Waals surface area contributed by atoms with Crippen molar-refractivity contribution in [2.75, 3.05) is 7.11 Å². The van der Waals surface area contributed by atoms with Crippen molar-refractivity contribution in [3.63, 3.8) is 0 Å². The van der Waals surface area contributed by atoms with Crippen molar-refractivity contribution >= 4 is 22.9 Å². The molecular weight excluding hydrogens is 358 g/mol. The number of rotatable bonds is 6. The summed E-state index contributed by atoms with van der Waals surface area (Å²) < 4.78 is 8.16. The number of amides is 1. The lowest BCUT2D eigenvalue weighted by molar-refractivity contribution is -0.153. The Bertz CT molecular complexity index is 919. The number of esters is 1. The highest BCUT2D eigenvalue weighted by atomic mass is 16.5. The van der Waals surface area contributed by atoms with E-state index in [-0.39, 0.29) is 18.1 Å². The van der Waals surface area contributed by atoms with E-state index in [1.165, 1.54) is 11.7 Å². The van der Waals surface area contributed by atoms with E-state index in [1.54, 1.807) is 4.57 Å². The van der Waals surface area contributed by atoms with Crippen molar-refractivity contribution in [3.05, 3.63) is 34.7 Å². The SMILES string of the molecule is CCCn1c(=O)n(CC(=O)NC2(C(=O)OC)CCC(C)CC2)c2ccccc21. The molecular formula is C21H29N3O4. The maximum absolute atomic E-state index is 12.9. The van der Waals surface area contributed by atoms with Crippen LogP contribution in [0.15, 0.2) is 29.1 Å². The van der Waals surface area contributed by atoms with Crippen LogP contribution in [0, 0.1) is 5.92 Å². The van der Waals surface area contributed by atoms with E-state index in [0.29, 0.717) is 25.3 Å². The van der Waals surface area contributed by atoms with Gasteiger partial charge in [0.2, 0.25) is 5.91 Å². The minimum Gasteiger partial charge on any atom is -0.467 e. The van der Waals surface area contributed by atoms with Crippen molar-refractivity contribution < 1.29 is 14.3 Å². The maximum atomic E-state index is 12.9. The smallest absolute Gasteiger partial charge is 0.331 e. The lowest BCUT2D eigenvalue weighted by Crippen LogP contribution is -2.57. The predicted molar refractivity (Wildman–Crippen MR) is 107 cm³/mol. The molecule has 7 nitrogen and oxygen atoms in total. The Morgan fingerprint density at radius 1 is 1.18 bits per heavy atom. The van der Waals surface area contributed by atoms with Gasteiger partial charge in [0.1, 0.15) is 12.1 Å². The highest BCUT2D eigenvalue weighted by molar-refractivity contribution is 5.89. The van der Waals surface area contributed by atoms with E-state index >= 15 is 0 Å². The molecule has 3 rings (SSSR count). The van der Waals surface area contributed by atoms with Crippen LogP contribution in [-0.2, 0) is 27.4 Å². The van der Waals surface area contributed by atoms with Crippen molar-refractivity contribution in [2.24, 2.45) is 5.92 Å². The van der Waals surface area contributed by atoms with Gasteiger partial charge in [0.15, 0.2) is 0 Å². The van der Waals surface area contributed by atoms with E-state index in [0.717, 1.165) is 30.3 Å². The number of hydrogen-bond acceptors (Lipinski definition) is 4. The molecule has 0 unspecified atom stereocenters. The molecule has 1 aromatic carbocycles. The highest BCUT2D eigenvalue weighted by Crippen LogP contribution is 2.33. The fraction of sp³-hybridized carbons (Fsp3) is 0.571. The van der Waals surface area contributed by atoms with Gasteiger partial charge in [-0.3, -0.25) is 13.9 Å². The van der Waals surface area contributed by atoms with Crippen LogP contribution in [0.3, 0.4) is 0 Å². The third kappa shape index (κ3) is 3.70. The molecule has 0 aliphatic heterocycles. The van der Waals surface area contributed by atoms with Crippen molar-refractivity contribution in [1.82, 2.24) is 14.5 Å². The van der Waals surface area contributed by atoms with Gasteiger partial charge in [-0.15, -0.1) is 0 Å². The number of hydrogen-bond donors (Lipinski definition) is 1. The van der Waals surface area contributed by atoms with Crippen LogP contribution in [0.25, 0.3) is 11.0 Å². The van der Waals surface area contributed by atoms with E-state index in [2.05, 4.69) is 12.2 Å². The minimum absolute atomic E-state index is 0.121. The van der Waals surface area contributed by atoms with Gasteiger partial charge in [0, 0.05) is 6.54 Å². The number of aromatic nitrogens is 2. The molecule has 1 saturated carbocycles. The number of carbonyl (C=O) groups excluding carboxylic acids is 2. The Morgan fingerprint density at radius 2 is 1.79 bits per heavy atom. The third-order valence-electron chi connectivity index (χ3n) is 5.76. The van der Waals surface area contributed by atoms with Gasteiger partial charge in [0.05, 0.1) is 18.1 Å². The number of imidazole rings is 1. The number of nitrogens with one attached hydrogen (secondary N) is 1. The molecule has 0 bridgehead atoms. The third-order valence-corrected chi connectivity index (χ3v) is 5.76. The standard InChI is InChI=1S/C21H29N3O4/c1-4-13-23-16-7-5-6-8-17(16)24(20(23)27)14-18(25)22-21(19(26)28-3)11-9-15(2)10-12-21/h5-8,15H,4,9-14H2,1-3H3,(H,22,25). The fourth-order valence-electron chi connectivity index (χ4n) is 4.15. The second-order valence-electron chi connectivity index (χ2n) is 7.81. The minimum atomic E-state index is -0.996. The van der Waals surface area contributed by atoms with E-state index in [1.807, 2.05) is 31.2 Å². The zero-order valence-electron chi connectivity index (χ0n) is 16.9. The van der Waals surface area contributed by atoms with Crippen LogP contribution in [0.4, 0.5) is 0 Å². The summed E-state index contributed by atoms with van der Waals surface area (Å²) in [6.45, 7) is 4.63. The molecule has 28 heavy (non-hydrogen) atoms. The molecule has 1 aliphatic carbocycles. The van der Waals surface area contributed by atoms with Crippen LogP contribution < -0.4 is 11.0 Å². The van der Waals surface area contributed by atoms with E-state index < -0.39 is 11.5 Å². The average molecular weight is 387 g/mol. The first-order chi connectivity index (χ1) is 13.4. The van der Waals surface area contributed by atoms with Crippen molar-refractivity contribution in [1.29, 1.82) is 0 Å². The number of fused-ring (bicyclic) bond motifs is 1. The first kappa shape index (κ1) is 20.2. The first-order valence-electron chi connectivity index (χ1n) is 9.99. The molecule has 1 aliphatic rings. The summed E-state index contributed by atoms with van der Waals surface area (Å²) in [5.74, 6) is -0.237. The highest BCUT2D eigenvalue weighted by Gasteiger charge is 2.43. The van der Waals surface area contributed by atoms with Crippen molar-refractivity contribution in [2.45, 2.75) is 64.6 Å². The summed E-state index contributed by atoms with van der Waals surface area (Å²) in [7, 11) is 1.34. The molecule has 1 aromatic heterocycles. The molecule has 7 heteroatoms. The number of para-hydroxylation sites is 2. The number of methoxy groups -OCH3 is 1. The Morgan fingerprint density at radius 3 is 2.36 bits per heavy atom. The second kappa shape index (κ2) is 8.20. The van der Waals surface area contributed by atoms with Gasteiger partial charge in [-0.2, -0.15) is 0 Å². The zero-order chi connectivity index (χ0) is 20.3. The van der Waals surface area contributed by atoms with Gasteiger partial charge >= 0.3 is 11.7 Å². The molecule has 2 aromatic rings. The second-order valence-corrected chi connectivity index (χ2v) is 7.81. The Labute approximate surface area is 164 Å². The molecule has 1 fully saturated rings. The number of aryl methyl sites for hydroxylation is 1. The maximum Gasteiger partial charge on any atom is 0.331 e. The summed E-state index contributed by atoms with van der Waals surface area (Å²) in [5, 5.41) is 2.90. The normalized spacial score (nSPS) is 22.2. The fourth-order valence-corrected chi connectivity index (χ4v) is 4.15. The molecule has 152 valence electrons. The van der Waals surface area contributed by atoms with Gasteiger partial charge in [0.25, 0.3) is 0 Å².